The molecule has 1 aromatic carbocycles. The first-order valence-electron chi connectivity index (χ1n) is 7.99. The van der Waals surface area contributed by atoms with Crippen LogP contribution in [0.5, 0.6) is 5.75 Å². The van der Waals surface area contributed by atoms with E-state index < -0.39 is 0 Å². The Hall–Kier alpha value is -1.53. The molecule has 0 fully saturated rings. The Labute approximate surface area is 155 Å². The molecular formula is C17H21BrClN3O2. The lowest BCUT2D eigenvalue weighted by molar-refractivity contribution is 0.0946. The van der Waals surface area contributed by atoms with Gasteiger partial charge in [-0.3, -0.25) is 4.79 Å². The molecule has 5 nitrogen and oxygen atoms in total. The van der Waals surface area contributed by atoms with E-state index in [1.807, 2.05) is 6.07 Å². The smallest absolute Gasteiger partial charge is 0.271 e. The molecule has 0 bridgehead atoms. The van der Waals surface area contributed by atoms with Crippen molar-refractivity contribution in [1.82, 2.24) is 15.1 Å². The Morgan fingerprint density at radius 1 is 1.33 bits per heavy atom. The molecule has 0 spiro atoms. The van der Waals surface area contributed by atoms with Crippen LogP contribution in [-0.4, -0.2) is 22.2 Å². The molecule has 130 valence electrons. The molecule has 0 aliphatic carbocycles. The van der Waals surface area contributed by atoms with Crippen molar-refractivity contribution in [2.45, 2.75) is 39.3 Å². The predicted molar refractivity (Wildman–Crippen MR) is 98.5 cm³/mol. The van der Waals surface area contributed by atoms with Gasteiger partial charge in [0.15, 0.2) is 6.73 Å². The average Bonchev–Trinajstić information content (AvgIpc) is 3.03. The van der Waals surface area contributed by atoms with Crippen LogP contribution >= 0.6 is 27.5 Å². The molecule has 7 heteroatoms. The van der Waals surface area contributed by atoms with Gasteiger partial charge in [0.1, 0.15) is 11.4 Å². The third-order valence-electron chi connectivity index (χ3n) is 3.44. The van der Waals surface area contributed by atoms with Crippen LogP contribution in [0.3, 0.4) is 0 Å². The van der Waals surface area contributed by atoms with Gasteiger partial charge in [0.05, 0.1) is 5.02 Å². The number of amides is 1. The molecule has 1 heterocycles. The van der Waals surface area contributed by atoms with E-state index in [-0.39, 0.29) is 12.6 Å². The second-order valence-corrected chi connectivity index (χ2v) is 6.73. The molecule has 0 saturated carbocycles. The van der Waals surface area contributed by atoms with E-state index in [4.69, 9.17) is 16.3 Å². The van der Waals surface area contributed by atoms with E-state index in [1.54, 1.807) is 29.1 Å². The number of hydrogen-bond acceptors (Lipinski definition) is 3. The Bertz CT molecular complexity index is 676. The van der Waals surface area contributed by atoms with Gasteiger partial charge in [0, 0.05) is 17.2 Å². The highest BCUT2D eigenvalue weighted by Gasteiger charge is 2.09. The van der Waals surface area contributed by atoms with Crippen molar-refractivity contribution >= 4 is 33.4 Å². The third kappa shape index (κ3) is 5.83. The molecule has 1 N–H and O–H groups in total. The van der Waals surface area contributed by atoms with E-state index in [1.165, 1.54) is 12.8 Å². The number of unbranched alkanes of at least 4 members (excludes halogenated alkanes) is 3. The minimum absolute atomic E-state index is 0.160. The fourth-order valence-electron chi connectivity index (χ4n) is 2.13. The maximum Gasteiger partial charge on any atom is 0.271 e. The number of carbonyl (C=O) groups is 1. The Balaban J connectivity index is 1.81. The number of benzene rings is 1. The van der Waals surface area contributed by atoms with Crippen LogP contribution in [0.15, 0.2) is 34.9 Å². The molecule has 0 saturated heterocycles. The third-order valence-corrected chi connectivity index (χ3v) is 4.22. The van der Waals surface area contributed by atoms with Gasteiger partial charge < -0.3 is 10.1 Å². The van der Waals surface area contributed by atoms with Crippen LogP contribution in [0.4, 0.5) is 0 Å². The monoisotopic (exact) mass is 413 g/mol. The summed E-state index contributed by atoms with van der Waals surface area (Å²) in [5.41, 5.74) is 0.385. The second-order valence-electron chi connectivity index (χ2n) is 5.41. The summed E-state index contributed by atoms with van der Waals surface area (Å²) in [7, 11) is 0. The summed E-state index contributed by atoms with van der Waals surface area (Å²) in [5, 5.41) is 7.61. The summed E-state index contributed by atoms with van der Waals surface area (Å²) in [6.45, 7) is 3.02. The van der Waals surface area contributed by atoms with Gasteiger partial charge >= 0.3 is 0 Å². The molecule has 0 radical (unpaired) electrons. The topological polar surface area (TPSA) is 56.2 Å². The number of rotatable bonds is 9. The zero-order valence-electron chi connectivity index (χ0n) is 13.6. The number of ether oxygens (including phenoxy) is 1. The van der Waals surface area contributed by atoms with Gasteiger partial charge in [-0.2, -0.15) is 5.10 Å². The summed E-state index contributed by atoms with van der Waals surface area (Å²) in [6, 6.07) is 7.06. The van der Waals surface area contributed by atoms with Crippen molar-refractivity contribution in [2.75, 3.05) is 6.54 Å². The minimum atomic E-state index is -0.160. The number of halogens is 2. The summed E-state index contributed by atoms with van der Waals surface area (Å²) in [4.78, 5) is 12.0. The van der Waals surface area contributed by atoms with Gasteiger partial charge in [-0.15, -0.1) is 0 Å². The summed E-state index contributed by atoms with van der Waals surface area (Å²) in [5.74, 6) is 0.407. The number of hydrogen-bond donors (Lipinski definition) is 1. The number of aromatic nitrogens is 2. The Morgan fingerprint density at radius 2 is 2.17 bits per heavy atom. The highest BCUT2D eigenvalue weighted by atomic mass is 79.9. The molecule has 0 atom stereocenters. The lowest BCUT2D eigenvalue weighted by Crippen LogP contribution is -2.25. The van der Waals surface area contributed by atoms with E-state index in [2.05, 4.69) is 33.3 Å². The molecule has 1 aromatic heterocycles. The number of carbonyl (C=O) groups excluding carboxylic acids is 1. The van der Waals surface area contributed by atoms with E-state index in [0.29, 0.717) is 23.0 Å². The number of nitrogens with one attached hydrogen (secondary N) is 1. The zero-order valence-corrected chi connectivity index (χ0v) is 15.9. The van der Waals surface area contributed by atoms with Gasteiger partial charge in [-0.05, 0) is 30.7 Å². The fourth-order valence-corrected chi connectivity index (χ4v) is 2.85. The molecule has 0 aliphatic heterocycles. The van der Waals surface area contributed by atoms with Crippen molar-refractivity contribution in [3.8, 4) is 5.75 Å². The molecule has 0 aliphatic rings. The number of nitrogens with zero attached hydrogens (tertiary/aromatic N) is 2. The highest BCUT2D eigenvalue weighted by Crippen LogP contribution is 2.27. The molecule has 2 rings (SSSR count). The van der Waals surface area contributed by atoms with Crippen molar-refractivity contribution in [3.05, 3.63) is 45.7 Å². The SMILES string of the molecule is CCCCCCNC(=O)c1ccn(COc2ccc(Br)cc2Cl)n1. The highest BCUT2D eigenvalue weighted by molar-refractivity contribution is 9.10. The van der Waals surface area contributed by atoms with E-state index in [0.717, 1.165) is 17.3 Å². The zero-order chi connectivity index (χ0) is 17.4. The molecular weight excluding hydrogens is 394 g/mol. The summed E-state index contributed by atoms with van der Waals surface area (Å²) >= 11 is 9.44. The minimum Gasteiger partial charge on any atom is -0.470 e. The molecule has 1 amide bonds. The van der Waals surface area contributed by atoms with Gasteiger partial charge in [0.2, 0.25) is 0 Å². The average molecular weight is 415 g/mol. The van der Waals surface area contributed by atoms with Crippen molar-refractivity contribution in [2.24, 2.45) is 0 Å². The Morgan fingerprint density at radius 3 is 2.92 bits per heavy atom. The fraction of sp³-hybridized carbons (Fsp3) is 0.412. The first-order chi connectivity index (χ1) is 11.6. The van der Waals surface area contributed by atoms with Crippen molar-refractivity contribution in [1.29, 1.82) is 0 Å². The van der Waals surface area contributed by atoms with Crippen LogP contribution in [0, 0.1) is 0 Å². The lowest BCUT2D eigenvalue weighted by Gasteiger charge is -2.08. The van der Waals surface area contributed by atoms with E-state index >= 15 is 0 Å². The maximum atomic E-state index is 12.0. The molecule has 2 aromatic rings. The first-order valence-corrected chi connectivity index (χ1v) is 9.16. The first kappa shape index (κ1) is 18.8. The second kappa shape index (κ2) is 9.69. The van der Waals surface area contributed by atoms with Gasteiger partial charge in [-0.25, -0.2) is 4.68 Å². The lowest BCUT2D eigenvalue weighted by atomic mass is 10.2. The van der Waals surface area contributed by atoms with Crippen LogP contribution in [0.2, 0.25) is 5.02 Å². The Kier molecular flexibility index (Phi) is 7.59. The maximum absolute atomic E-state index is 12.0. The largest absolute Gasteiger partial charge is 0.470 e. The molecule has 24 heavy (non-hydrogen) atoms. The summed E-state index contributed by atoms with van der Waals surface area (Å²) < 4.78 is 8.06. The van der Waals surface area contributed by atoms with E-state index in [9.17, 15) is 4.79 Å². The normalized spacial score (nSPS) is 10.6. The van der Waals surface area contributed by atoms with Crippen molar-refractivity contribution in [3.63, 3.8) is 0 Å². The van der Waals surface area contributed by atoms with Crippen molar-refractivity contribution < 1.29 is 9.53 Å². The van der Waals surface area contributed by atoms with Gasteiger partial charge in [-0.1, -0.05) is 53.7 Å². The van der Waals surface area contributed by atoms with Crippen LogP contribution in [0.1, 0.15) is 43.1 Å². The molecule has 0 unspecified atom stereocenters. The quantitative estimate of drug-likeness (QED) is 0.608. The summed E-state index contributed by atoms with van der Waals surface area (Å²) in [6.07, 6.45) is 6.21. The van der Waals surface area contributed by atoms with Gasteiger partial charge in [0.25, 0.3) is 5.91 Å². The van der Waals surface area contributed by atoms with Crippen LogP contribution in [-0.2, 0) is 6.73 Å². The van der Waals surface area contributed by atoms with Crippen LogP contribution < -0.4 is 10.1 Å². The standard InChI is InChI=1S/C17H21BrClN3O2/c1-2-3-4-5-9-20-17(23)15-8-10-22(21-15)12-24-16-7-6-13(18)11-14(16)19/h6-8,10-11H,2-5,9,12H2,1H3,(H,20,23). The van der Waals surface area contributed by atoms with Crippen LogP contribution in [0.25, 0.3) is 0 Å². The predicted octanol–water partition coefficient (Wildman–Crippen LogP) is 4.65.